The van der Waals surface area contributed by atoms with E-state index in [2.05, 4.69) is 19.6 Å². The van der Waals surface area contributed by atoms with Crippen molar-refractivity contribution in [2.24, 2.45) is 0 Å². The van der Waals surface area contributed by atoms with Crippen LogP contribution >= 0.6 is 0 Å². The molecule has 1 aliphatic heterocycles. The summed E-state index contributed by atoms with van der Waals surface area (Å²) >= 11 is 0. The smallest absolute Gasteiger partial charge is 0.418 e. The maximum atomic E-state index is 7.25. The van der Waals surface area contributed by atoms with E-state index in [1.807, 2.05) is 20.4 Å². The Hall–Kier alpha value is 1.14. The molecule has 1 saturated heterocycles. The maximum Gasteiger partial charge on any atom is 0.500 e. The molecule has 0 aromatic heterocycles. The van der Waals surface area contributed by atoms with E-state index in [9.17, 15) is 0 Å². The monoisotopic (exact) mass is 832 g/mol. The molecule has 0 amide bonds. The maximum absolute atomic E-state index is 7.25. The minimum absolute atomic E-state index is 0.505. The molecule has 0 radical (unpaired) electrons. The zero-order chi connectivity index (χ0) is 37.3. The average Bonchev–Trinajstić information content (AvgIpc) is 3.10. The van der Waals surface area contributed by atoms with E-state index in [1.54, 1.807) is 78.2 Å². The van der Waals surface area contributed by atoms with Crippen molar-refractivity contribution in [1.29, 1.82) is 0 Å². The molecule has 1 fully saturated rings. The normalized spacial score (nSPS) is 26.1. The number of hydrogen-bond donors (Lipinski definition) is 0. The molecule has 0 aliphatic carbocycles. The molecule has 0 N–H and O–H groups in total. The largest absolute Gasteiger partial charge is 0.500 e. The molecule has 0 spiro atoms. The second kappa shape index (κ2) is 22.4. The fraction of sp³-hybridized carbons (Fsp3) is 1.00. The molecule has 1 rings (SSSR count). The van der Waals surface area contributed by atoms with E-state index in [-0.39, 0.29) is 0 Å². The first-order chi connectivity index (χ1) is 22.5. The summed E-state index contributed by atoms with van der Waals surface area (Å²) in [6.45, 7) is 12.3. The van der Waals surface area contributed by atoms with E-state index >= 15 is 0 Å². The van der Waals surface area contributed by atoms with Crippen LogP contribution in [0.3, 0.4) is 0 Å². The van der Waals surface area contributed by atoms with Crippen molar-refractivity contribution < 1.29 is 65.1 Å². The van der Waals surface area contributed by atoms with Crippen LogP contribution in [0.2, 0.25) is 74.5 Å². The molecule has 48 heavy (non-hydrogen) atoms. The zero-order valence-corrected chi connectivity index (χ0v) is 41.0. The first-order valence-corrected chi connectivity index (χ1v) is 34.0. The lowest BCUT2D eigenvalue weighted by Crippen LogP contribution is -2.65. The third-order valence-electron chi connectivity index (χ3n) is 8.78. The average molecular weight is 833 g/mol. The fourth-order valence-corrected chi connectivity index (χ4v) is 39.1. The quantitative estimate of drug-likeness (QED) is 0.133. The van der Waals surface area contributed by atoms with Crippen LogP contribution in [-0.2, 0) is 65.1 Å². The Labute approximate surface area is 300 Å². The lowest BCUT2D eigenvalue weighted by molar-refractivity contribution is 0.123. The van der Waals surface area contributed by atoms with Crippen LogP contribution in [0.1, 0.15) is 13.8 Å². The zero-order valence-electron chi connectivity index (χ0n) is 32.9. The molecular formula is C25H68O15Si8. The van der Waals surface area contributed by atoms with Gasteiger partial charge in [-0.1, -0.05) is 13.8 Å². The van der Waals surface area contributed by atoms with E-state index in [4.69, 9.17) is 65.1 Å². The summed E-state index contributed by atoms with van der Waals surface area (Å²) in [5.74, 6) is 0. The van der Waals surface area contributed by atoms with Crippen molar-refractivity contribution in [3.63, 3.8) is 0 Å². The Morgan fingerprint density at radius 2 is 0.729 bits per heavy atom. The van der Waals surface area contributed by atoms with E-state index < -0.39 is 69.9 Å². The van der Waals surface area contributed by atoms with Gasteiger partial charge in [-0.2, -0.15) is 0 Å². The van der Waals surface area contributed by atoms with Gasteiger partial charge in [0.1, 0.15) is 0 Å². The van der Waals surface area contributed by atoms with Crippen LogP contribution < -0.4 is 0 Å². The van der Waals surface area contributed by atoms with Crippen molar-refractivity contribution >= 4 is 69.9 Å². The second-order valence-electron chi connectivity index (χ2n) is 11.7. The van der Waals surface area contributed by atoms with Crippen LogP contribution in [0.5, 0.6) is 0 Å². The van der Waals surface area contributed by atoms with Gasteiger partial charge in [0.15, 0.2) is 0 Å². The van der Waals surface area contributed by atoms with Crippen LogP contribution in [0.15, 0.2) is 0 Å². The molecule has 0 aromatic rings. The lowest BCUT2D eigenvalue weighted by Gasteiger charge is -2.48. The minimum atomic E-state index is -3.05. The summed E-state index contributed by atoms with van der Waals surface area (Å²) in [5.41, 5.74) is 0. The van der Waals surface area contributed by atoms with Gasteiger partial charge in [0.25, 0.3) is 0 Å². The van der Waals surface area contributed by atoms with Gasteiger partial charge in [-0.05, 0) is 56.4 Å². The minimum Gasteiger partial charge on any atom is -0.418 e. The van der Waals surface area contributed by atoms with Crippen molar-refractivity contribution in [1.82, 2.24) is 0 Å². The molecule has 1 aliphatic rings. The highest BCUT2D eigenvalue weighted by atomic mass is 28.5. The van der Waals surface area contributed by atoms with Crippen LogP contribution in [0.25, 0.3) is 0 Å². The van der Waals surface area contributed by atoms with Crippen LogP contribution in [-0.4, -0.2) is 148 Å². The molecular weight excluding hydrogens is 765 g/mol. The van der Waals surface area contributed by atoms with Crippen molar-refractivity contribution in [2.75, 3.05) is 78.2 Å². The highest BCUT2D eigenvalue weighted by Gasteiger charge is 2.56. The third-order valence-corrected chi connectivity index (χ3v) is 39.2. The number of hydrogen-bond acceptors (Lipinski definition) is 15. The SMILES string of the molecule is CC.CO[Si](C)(CC[Si]1(C)O[SiH](CC[Si](OC)(OC)OC)O[Si](C)(CC[Si](OC)(OC)OC)O[Si](C)(CC[Si](OC)(OC)OC)O1)OC. The topological polar surface area (TPSA) is 138 Å². The second-order valence-corrected chi connectivity index (χ2v) is 37.9. The van der Waals surface area contributed by atoms with Gasteiger partial charge >= 0.3 is 69.9 Å². The molecule has 0 aromatic carbocycles. The van der Waals surface area contributed by atoms with Gasteiger partial charge in [-0.25, -0.2) is 0 Å². The molecule has 15 nitrogen and oxygen atoms in total. The highest BCUT2D eigenvalue weighted by Crippen LogP contribution is 2.39. The molecule has 0 saturated carbocycles. The predicted octanol–water partition coefficient (Wildman–Crippen LogP) is 4.53. The van der Waals surface area contributed by atoms with E-state index in [0.29, 0.717) is 48.4 Å². The van der Waals surface area contributed by atoms with Gasteiger partial charge in [0, 0.05) is 96.3 Å². The molecule has 23 heteroatoms. The van der Waals surface area contributed by atoms with Crippen molar-refractivity contribution in [3.05, 3.63) is 0 Å². The Kier molecular flexibility index (Phi) is 22.9. The van der Waals surface area contributed by atoms with Gasteiger partial charge < -0.3 is 65.1 Å². The molecule has 4 atom stereocenters. The Morgan fingerprint density at radius 3 is 1.04 bits per heavy atom. The van der Waals surface area contributed by atoms with Crippen molar-refractivity contribution in [2.45, 2.75) is 88.4 Å². The molecule has 290 valence electrons. The fourth-order valence-electron chi connectivity index (χ4n) is 5.47. The van der Waals surface area contributed by atoms with E-state index in [1.165, 1.54) is 0 Å². The van der Waals surface area contributed by atoms with Crippen molar-refractivity contribution in [3.8, 4) is 0 Å². The summed E-state index contributed by atoms with van der Waals surface area (Å²) in [6.07, 6.45) is 0. The first-order valence-electron chi connectivity index (χ1n) is 16.3. The summed E-state index contributed by atoms with van der Waals surface area (Å²) in [5, 5.41) is 0. The van der Waals surface area contributed by atoms with Crippen LogP contribution in [0, 0.1) is 0 Å². The van der Waals surface area contributed by atoms with E-state index in [0.717, 1.165) is 0 Å². The van der Waals surface area contributed by atoms with Gasteiger partial charge in [-0.15, -0.1) is 0 Å². The van der Waals surface area contributed by atoms with Crippen LogP contribution in [0.4, 0.5) is 0 Å². The summed E-state index contributed by atoms with van der Waals surface area (Å²) in [6, 6.07) is 4.55. The van der Waals surface area contributed by atoms with Gasteiger partial charge in [0.05, 0.1) is 0 Å². The van der Waals surface area contributed by atoms with Gasteiger partial charge in [-0.3, -0.25) is 0 Å². The molecule has 4 unspecified atom stereocenters. The Morgan fingerprint density at radius 1 is 0.438 bits per heavy atom. The standard InChI is InChI=1S/C23H62O15Si8.C2H6/c1-24-40(12,25-2)18-19-41(13)35-39(16-17-44(26-3,27-4)28-5)36-42(14,20-22-45(29-6,30-7)31-8)38-43(15,37-41)21-23-46(32-9,33-10)34-11;1-2/h39H,16-23H2,1-15H3;1-2H3. The predicted molar refractivity (Wildman–Crippen MR) is 202 cm³/mol. The highest BCUT2D eigenvalue weighted by molar-refractivity contribution is 6.91. The summed E-state index contributed by atoms with van der Waals surface area (Å²) in [7, 11) is -4.93. The first kappa shape index (κ1) is 49.1. The Bertz CT molecular complexity index is 848. The number of rotatable bonds is 23. The molecule has 0 bridgehead atoms. The molecule has 1 heterocycles. The lowest BCUT2D eigenvalue weighted by atomic mass is 10.9. The Balaban J connectivity index is 0.0000108. The van der Waals surface area contributed by atoms with Gasteiger partial charge in [0.2, 0.25) is 0 Å². The summed E-state index contributed by atoms with van der Waals surface area (Å²) in [4.78, 5) is 0. The summed E-state index contributed by atoms with van der Waals surface area (Å²) < 4.78 is 92.2. The third kappa shape index (κ3) is 14.5.